The molecule has 0 spiro atoms. The van der Waals surface area contributed by atoms with Crippen molar-refractivity contribution in [1.29, 1.82) is 0 Å². The summed E-state index contributed by atoms with van der Waals surface area (Å²) in [7, 11) is 0. The van der Waals surface area contributed by atoms with Gasteiger partial charge in [-0.15, -0.1) is 6.58 Å². The summed E-state index contributed by atoms with van der Waals surface area (Å²) >= 11 is 0. The number of carbonyl (C=O) groups is 1. The quantitative estimate of drug-likeness (QED) is 0.637. The highest BCUT2D eigenvalue weighted by Crippen LogP contribution is 2.38. The Kier molecular flexibility index (Phi) is 3.90. The Morgan fingerprint density at radius 3 is 2.87 bits per heavy atom. The standard InChI is InChI=1S/C14H22O/c1-5-6-7-13(15)12-8-11(2)9-14(3,4)10-12/h5,8,11H,1,6-7,9-10H2,2-4H3. The Bertz CT molecular complexity index is 284. The maximum Gasteiger partial charge on any atom is 0.158 e. The molecule has 84 valence electrons. The Balaban J connectivity index is 2.68. The lowest BCUT2D eigenvalue weighted by Crippen LogP contribution is -2.23. The second-order valence-electron chi connectivity index (χ2n) is 5.46. The zero-order valence-electron chi connectivity index (χ0n) is 10.2. The highest BCUT2D eigenvalue weighted by atomic mass is 16.1. The maximum atomic E-state index is 11.9. The summed E-state index contributed by atoms with van der Waals surface area (Å²) in [6, 6.07) is 0. The lowest BCUT2D eigenvalue weighted by Gasteiger charge is -2.32. The zero-order chi connectivity index (χ0) is 11.5. The van der Waals surface area contributed by atoms with Gasteiger partial charge < -0.3 is 0 Å². The van der Waals surface area contributed by atoms with E-state index in [9.17, 15) is 4.79 Å². The van der Waals surface area contributed by atoms with Crippen LogP contribution < -0.4 is 0 Å². The van der Waals surface area contributed by atoms with E-state index in [0.717, 1.165) is 18.4 Å². The van der Waals surface area contributed by atoms with E-state index in [4.69, 9.17) is 0 Å². The molecule has 0 radical (unpaired) electrons. The molecule has 0 saturated carbocycles. The predicted octanol–water partition coefficient (Wildman–Crippen LogP) is 3.90. The van der Waals surface area contributed by atoms with Crippen molar-refractivity contribution in [3.63, 3.8) is 0 Å². The number of Topliss-reactive ketones (excluding diaryl/α,β-unsaturated/α-hetero) is 1. The van der Waals surface area contributed by atoms with Gasteiger partial charge in [-0.1, -0.05) is 32.9 Å². The van der Waals surface area contributed by atoms with Gasteiger partial charge in [0.2, 0.25) is 0 Å². The number of ketones is 1. The van der Waals surface area contributed by atoms with Crippen LogP contribution in [0, 0.1) is 11.3 Å². The fourth-order valence-electron chi connectivity index (χ4n) is 2.51. The van der Waals surface area contributed by atoms with Gasteiger partial charge in [0, 0.05) is 6.42 Å². The van der Waals surface area contributed by atoms with Crippen molar-refractivity contribution in [1.82, 2.24) is 0 Å². The van der Waals surface area contributed by atoms with Crippen LogP contribution in [-0.4, -0.2) is 5.78 Å². The lowest BCUT2D eigenvalue weighted by molar-refractivity contribution is -0.116. The minimum Gasteiger partial charge on any atom is -0.295 e. The summed E-state index contributed by atoms with van der Waals surface area (Å²) in [6.07, 6.45) is 7.52. The molecule has 1 aliphatic carbocycles. The van der Waals surface area contributed by atoms with Crippen molar-refractivity contribution in [2.24, 2.45) is 11.3 Å². The average Bonchev–Trinajstić information content (AvgIpc) is 2.10. The van der Waals surface area contributed by atoms with Gasteiger partial charge in [0.1, 0.15) is 0 Å². The van der Waals surface area contributed by atoms with Crippen LogP contribution in [0.2, 0.25) is 0 Å². The smallest absolute Gasteiger partial charge is 0.158 e. The van der Waals surface area contributed by atoms with E-state index in [1.165, 1.54) is 6.42 Å². The van der Waals surface area contributed by atoms with Crippen LogP contribution in [0.5, 0.6) is 0 Å². The van der Waals surface area contributed by atoms with E-state index in [1.807, 2.05) is 6.08 Å². The molecule has 0 heterocycles. The lowest BCUT2D eigenvalue weighted by atomic mass is 9.72. The summed E-state index contributed by atoms with van der Waals surface area (Å²) in [5.74, 6) is 0.853. The van der Waals surface area contributed by atoms with Gasteiger partial charge in [-0.3, -0.25) is 4.79 Å². The normalized spacial score (nSPS) is 24.5. The van der Waals surface area contributed by atoms with E-state index in [0.29, 0.717) is 18.1 Å². The SMILES string of the molecule is C=CCCC(=O)C1=CC(C)CC(C)(C)C1. The van der Waals surface area contributed by atoms with Gasteiger partial charge in [0.25, 0.3) is 0 Å². The highest BCUT2D eigenvalue weighted by molar-refractivity contribution is 5.95. The molecule has 0 bridgehead atoms. The molecule has 0 amide bonds. The molecule has 1 aliphatic rings. The molecule has 1 rings (SSSR count). The largest absolute Gasteiger partial charge is 0.295 e. The van der Waals surface area contributed by atoms with Crippen molar-refractivity contribution in [2.75, 3.05) is 0 Å². The Labute approximate surface area is 93.3 Å². The van der Waals surface area contributed by atoms with E-state index in [1.54, 1.807) is 0 Å². The van der Waals surface area contributed by atoms with Crippen LogP contribution in [-0.2, 0) is 4.79 Å². The van der Waals surface area contributed by atoms with E-state index < -0.39 is 0 Å². The first-order valence-electron chi connectivity index (χ1n) is 5.79. The third-order valence-electron chi connectivity index (χ3n) is 2.96. The van der Waals surface area contributed by atoms with Crippen LogP contribution in [0.3, 0.4) is 0 Å². The van der Waals surface area contributed by atoms with Crippen molar-refractivity contribution in [3.05, 3.63) is 24.3 Å². The maximum absolute atomic E-state index is 11.9. The summed E-state index contributed by atoms with van der Waals surface area (Å²) in [5, 5.41) is 0. The molecule has 0 N–H and O–H groups in total. The van der Waals surface area contributed by atoms with Crippen LogP contribution in [0.15, 0.2) is 24.3 Å². The molecule has 1 atom stereocenters. The van der Waals surface area contributed by atoms with Crippen LogP contribution in [0.25, 0.3) is 0 Å². The highest BCUT2D eigenvalue weighted by Gasteiger charge is 2.28. The Hall–Kier alpha value is -0.850. The molecule has 1 heteroatoms. The van der Waals surface area contributed by atoms with E-state index in [2.05, 4.69) is 33.4 Å². The molecule has 0 aromatic carbocycles. The third-order valence-corrected chi connectivity index (χ3v) is 2.96. The molecule has 1 nitrogen and oxygen atoms in total. The molecular formula is C14H22O. The van der Waals surface area contributed by atoms with Crippen LogP contribution in [0.4, 0.5) is 0 Å². The topological polar surface area (TPSA) is 17.1 Å². The first-order valence-corrected chi connectivity index (χ1v) is 5.79. The summed E-state index contributed by atoms with van der Waals surface area (Å²) in [4.78, 5) is 11.9. The van der Waals surface area contributed by atoms with Gasteiger partial charge in [0.15, 0.2) is 5.78 Å². The molecule has 15 heavy (non-hydrogen) atoms. The van der Waals surface area contributed by atoms with Crippen molar-refractivity contribution < 1.29 is 4.79 Å². The number of carbonyl (C=O) groups excluding carboxylic acids is 1. The number of rotatable bonds is 4. The minimum absolute atomic E-state index is 0.285. The molecule has 0 aromatic rings. The number of hydrogen-bond donors (Lipinski definition) is 0. The fourth-order valence-corrected chi connectivity index (χ4v) is 2.51. The molecule has 0 aliphatic heterocycles. The minimum atomic E-state index is 0.285. The third kappa shape index (κ3) is 3.65. The zero-order valence-corrected chi connectivity index (χ0v) is 10.2. The molecule has 0 aromatic heterocycles. The van der Waals surface area contributed by atoms with Gasteiger partial charge in [-0.05, 0) is 36.2 Å². The Morgan fingerprint density at radius 1 is 1.67 bits per heavy atom. The average molecular weight is 206 g/mol. The summed E-state index contributed by atoms with van der Waals surface area (Å²) in [5.41, 5.74) is 1.33. The van der Waals surface area contributed by atoms with Gasteiger partial charge in [0.05, 0.1) is 0 Å². The van der Waals surface area contributed by atoms with Crippen LogP contribution in [0.1, 0.15) is 46.5 Å². The number of hydrogen-bond acceptors (Lipinski definition) is 1. The second-order valence-corrected chi connectivity index (χ2v) is 5.46. The monoisotopic (exact) mass is 206 g/mol. The first kappa shape index (κ1) is 12.2. The van der Waals surface area contributed by atoms with Gasteiger partial charge in [-0.2, -0.15) is 0 Å². The van der Waals surface area contributed by atoms with Gasteiger partial charge in [-0.25, -0.2) is 0 Å². The Morgan fingerprint density at radius 2 is 2.33 bits per heavy atom. The molecule has 1 unspecified atom stereocenters. The fraction of sp³-hybridized carbons (Fsp3) is 0.643. The van der Waals surface area contributed by atoms with E-state index >= 15 is 0 Å². The summed E-state index contributed by atoms with van der Waals surface area (Å²) in [6.45, 7) is 10.3. The second kappa shape index (κ2) is 4.78. The van der Waals surface area contributed by atoms with Crippen LogP contribution >= 0.6 is 0 Å². The first-order chi connectivity index (χ1) is 6.94. The van der Waals surface area contributed by atoms with E-state index in [-0.39, 0.29) is 5.41 Å². The van der Waals surface area contributed by atoms with Crippen molar-refractivity contribution in [2.45, 2.75) is 46.5 Å². The molecular weight excluding hydrogens is 184 g/mol. The van der Waals surface area contributed by atoms with Crippen molar-refractivity contribution in [3.8, 4) is 0 Å². The molecule has 0 fully saturated rings. The number of allylic oxidation sites excluding steroid dienone is 3. The molecule has 0 saturated heterocycles. The van der Waals surface area contributed by atoms with Gasteiger partial charge >= 0.3 is 0 Å². The predicted molar refractivity (Wildman–Crippen MR) is 64.7 cm³/mol. The summed E-state index contributed by atoms with van der Waals surface area (Å²) < 4.78 is 0. The van der Waals surface area contributed by atoms with Crippen molar-refractivity contribution >= 4 is 5.78 Å².